The van der Waals surface area contributed by atoms with Crippen molar-refractivity contribution in [1.82, 2.24) is 0 Å². The molecule has 1 N–H and O–H groups in total. The van der Waals surface area contributed by atoms with E-state index in [4.69, 9.17) is 9.47 Å². The Balaban J connectivity index is 1.90. The van der Waals surface area contributed by atoms with E-state index in [1.165, 1.54) is 12.8 Å². The summed E-state index contributed by atoms with van der Waals surface area (Å²) in [5, 5.41) is 19.4. The molecule has 0 saturated heterocycles. The number of hydrogen-bond acceptors (Lipinski definition) is 4. The van der Waals surface area contributed by atoms with Crippen LogP contribution in [0.5, 0.6) is 11.5 Å². The number of benzene rings is 1. The van der Waals surface area contributed by atoms with Gasteiger partial charge in [-0.15, -0.1) is 0 Å². The number of nitriles is 1. The molecule has 0 aromatic heterocycles. The van der Waals surface area contributed by atoms with Crippen molar-refractivity contribution in [3.05, 3.63) is 23.8 Å². The molecule has 0 amide bonds. The van der Waals surface area contributed by atoms with Gasteiger partial charge in [0.15, 0.2) is 11.5 Å². The minimum absolute atomic E-state index is 0.158. The Bertz CT molecular complexity index is 603. The number of rotatable bonds is 5. The van der Waals surface area contributed by atoms with Gasteiger partial charge in [0.05, 0.1) is 24.7 Å². The van der Waals surface area contributed by atoms with E-state index < -0.39 is 5.41 Å². The summed E-state index contributed by atoms with van der Waals surface area (Å²) in [6.07, 6.45) is 8.39. The molecular formula is C20H27NO3. The maximum Gasteiger partial charge on any atom is 0.161 e. The maximum atomic E-state index is 9.91. The second kappa shape index (κ2) is 7.44. The van der Waals surface area contributed by atoms with E-state index in [1.807, 2.05) is 18.2 Å². The first-order chi connectivity index (χ1) is 11.7. The van der Waals surface area contributed by atoms with E-state index in [9.17, 15) is 10.4 Å². The zero-order valence-electron chi connectivity index (χ0n) is 14.5. The zero-order chi connectivity index (χ0) is 17.0. The van der Waals surface area contributed by atoms with Crippen molar-refractivity contribution in [2.75, 3.05) is 13.7 Å². The smallest absolute Gasteiger partial charge is 0.161 e. The minimum atomic E-state index is -0.522. The van der Waals surface area contributed by atoms with Crippen LogP contribution in [-0.2, 0) is 5.41 Å². The van der Waals surface area contributed by atoms with Crippen molar-refractivity contribution in [1.29, 1.82) is 5.26 Å². The summed E-state index contributed by atoms with van der Waals surface area (Å²) >= 11 is 0. The van der Waals surface area contributed by atoms with Gasteiger partial charge in [-0.05, 0) is 68.6 Å². The molecule has 3 rings (SSSR count). The average Bonchev–Trinajstić information content (AvgIpc) is 3.14. The quantitative estimate of drug-likeness (QED) is 0.888. The van der Waals surface area contributed by atoms with Crippen molar-refractivity contribution in [3.63, 3.8) is 0 Å². The highest BCUT2D eigenvalue weighted by atomic mass is 16.5. The van der Waals surface area contributed by atoms with E-state index in [0.717, 1.165) is 55.6 Å². The standard InChI is InChI=1S/C20H27NO3/c1-23-18-9-8-16(11-19(18)24-17-6-2-3-7-17)20(14-21)10-4-5-15(12-20)13-22/h8-9,11,15,17,22H,2-7,10,12-13H2,1H3/t15-,20-/m0/s1. The molecule has 0 aliphatic heterocycles. The Morgan fingerprint density at radius 3 is 2.67 bits per heavy atom. The lowest BCUT2D eigenvalue weighted by molar-refractivity contribution is 0.161. The highest BCUT2D eigenvalue weighted by molar-refractivity contribution is 5.47. The third-order valence-corrected chi connectivity index (χ3v) is 5.64. The van der Waals surface area contributed by atoms with Gasteiger partial charge >= 0.3 is 0 Å². The number of aliphatic hydroxyl groups excluding tert-OH is 1. The van der Waals surface area contributed by atoms with Gasteiger partial charge in [0, 0.05) is 6.61 Å². The van der Waals surface area contributed by atoms with Crippen LogP contribution in [-0.4, -0.2) is 24.9 Å². The van der Waals surface area contributed by atoms with E-state index in [-0.39, 0.29) is 18.6 Å². The Labute approximate surface area is 144 Å². The summed E-state index contributed by atoms with van der Waals surface area (Å²) in [7, 11) is 1.65. The summed E-state index contributed by atoms with van der Waals surface area (Å²) < 4.78 is 11.6. The molecule has 0 radical (unpaired) electrons. The van der Waals surface area contributed by atoms with Crippen molar-refractivity contribution >= 4 is 0 Å². The molecule has 0 heterocycles. The fourth-order valence-corrected chi connectivity index (χ4v) is 4.23. The van der Waals surface area contributed by atoms with Gasteiger partial charge in [-0.25, -0.2) is 0 Å². The molecule has 2 atom stereocenters. The van der Waals surface area contributed by atoms with Gasteiger partial charge in [-0.3, -0.25) is 0 Å². The highest BCUT2D eigenvalue weighted by Gasteiger charge is 2.38. The van der Waals surface area contributed by atoms with Crippen LogP contribution in [0.1, 0.15) is 56.9 Å². The normalized spacial score (nSPS) is 27.6. The average molecular weight is 329 g/mol. The monoisotopic (exact) mass is 329 g/mol. The fourth-order valence-electron chi connectivity index (χ4n) is 4.23. The molecule has 1 aromatic rings. The zero-order valence-corrected chi connectivity index (χ0v) is 14.5. The SMILES string of the molecule is COc1ccc([C@@]2(C#N)CCC[C@H](CO)C2)cc1OC1CCCC1. The predicted octanol–water partition coefficient (Wildman–Crippen LogP) is 3.96. The lowest BCUT2D eigenvalue weighted by Crippen LogP contribution is -2.33. The van der Waals surface area contributed by atoms with Crippen LogP contribution in [0.15, 0.2) is 18.2 Å². The molecule has 0 bridgehead atoms. The third kappa shape index (κ3) is 3.37. The first-order valence-electron chi connectivity index (χ1n) is 9.08. The second-order valence-electron chi connectivity index (χ2n) is 7.23. The van der Waals surface area contributed by atoms with Crippen LogP contribution in [0.25, 0.3) is 0 Å². The van der Waals surface area contributed by atoms with Crippen molar-refractivity contribution in [2.24, 2.45) is 5.92 Å². The highest BCUT2D eigenvalue weighted by Crippen LogP contribution is 2.44. The summed E-state index contributed by atoms with van der Waals surface area (Å²) in [5.74, 6) is 1.69. The molecule has 4 heteroatoms. The minimum Gasteiger partial charge on any atom is -0.493 e. The van der Waals surface area contributed by atoms with Crippen LogP contribution in [0.2, 0.25) is 0 Å². The molecule has 0 unspecified atom stereocenters. The molecule has 2 aliphatic rings. The Hall–Kier alpha value is -1.73. The van der Waals surface area contributed by atoms with Crippen LogP contribution < -0.4 is 9.47 Å². The van der Waals surface area contributed by atoms with Crippen molar-refractivity contribution in [3.8, 4) is 17.6 Å². The maximum absolute atomic E-state index is 9.91. The number of aliphatic hydroxyl groups is 1. The topological polar surface area (TPSA) is 62.5 Å². The van der Waals surface area contributed by atoms with Gasteiger partial charge in [0.2, 0.25) is 0 Å². The second-order valence-corrected chi connectivity index (χ2v) is 7.23. The molecule has 2 saturated carbocycles. The molecule has 130 valence electrons. The van der Waals surface area contributed by atoms with E-state index in [2.05, 4.69) is 6.07 Å². The first-order valence-corrected chi connectivity index (χ1v) is 9.08. The van der Waals surface area contributed by atoms with E-state index in [1.54, 1.807) is 7.11 Å². The number of nitrogens with zero attached hydrogens (tertiary/aromatic N) is 1. The summed E-state index contributed by atoms with van der Waals surface area (Å²) in [4.78, 5) is 0. The number of methoxy groups -OCH3 is 1. The summed E-state index contributed by atoms with van der Waals surface area (Å²) in [6.45, 7) is 0.158. The van der Waals surface area contributed by atoms with E-state index >= 15 is 0 Å². The Kier molecular flexibility index (Phi) is 5.30. The van der Waals surface area contributed by atoms with Gasteiger partial charge < -0.3 is 14.6 Å². The fraction of sp³-hybridized carbons (Fsp3) is 0.650. The third-order valence-electron chi connectivity index (χ3n) is 5.64. The van der Waals surface area contributed by atoms with Crippen LogP contribution >= 0.6 is 0 Å². The van der Waals surface area contributed by atoms with E-state index in [0.29, 0.717) is 0 Å². The van der Waals surface area contributed by atoms with Gasteiger partial charge in [-0.1, -0.05) is 12.5 Å². The molecule has 1 aromatic carbocycles. The summed E-state index contributed by atoms with van der Waals surface area (Å²) in [5.41, 5.74) is 0.475. The predicted molar refractivity (Wildman–Crippen MR) is 92.2 cm³/mol. The largest absolute Gasteiger partial charge is 0.493 e. The lowest BCUT2D eigenvalue weighted by atomic mass is 9.67. The van der Waals surface area contributed by atoms with Crippen molar-refractivity contribution in [2.45, 2.75) is 62.9 Å². The molecular weight excluding hydrogens is 302 g/mol. The van der Waals surface area contributed by atoms with Crippen molar-refractivity contribution < 1.29 is 14.6 Å². The molecule has 2 fully saturated rings. The molecule has 24 heavy (non-hydrogen) atoms. The molecule has 0 spiro atoms. The number of ether oxygens (including phenoxy) is 2. The Morgan fingerprint density at radius 1 is 1.21 bits per heavy atom. The van der Waals surface area contributed by atoms with Crippen LogP contribution in [0, 0.1) is 17.2 Å². The molecule has 4 nitrogen and oxygen atoms in total. The molecule has 2 aliphatic carbocycles. The lowest BCUT2D eigenvalue weighted by Gasteiger charge is -2.35. The van der Waals surface area contributed by atoms with Gasteiger partial charge in [0.1, 0.15) is 0 Å². The van der Waals surface area contributed by atoms with Crippen LogP contribution in [0.3, 0.4) is 0 Å². The first kappa shape index (κ1) is 17.1. The Morgan fingerprint density at radius 2 is 2.00 bits per heavy atom. The summed E-state index contributed by atoms with van der Waals surface area (Å²) in [6, 6.07) is 8.46. The van der Waals surface area contributed by atoms with Crippen LogP contribution in [0.4, 0.5) is 0 Å². The van der Waals surface area contributed by atoms with Gasteiger partial charge in [0.25, 0.3) is 0 Å². The number of hydrogen-bond donors (Lipinski definition) is 1. The van der Waals surface area contributed by atoms with Gasteiger partial charge in [-0.2, -0.15) is 5.26 Å².